The predicted molar refractivity (Wildman–Crippen MR) is 126 cm³/mol. The van der Waals surface area contributed by atoms with Gasteiger partial charge in [0.15, 0.2) is 11.5 Å². The standard InChI is InChI=1S/C24H24N6O4/c31-30(32)22-23(25-15-26-24(22)29-8-7-18-3-1-2-4-19(18)29)28-11-9-27(10-12-28)14-17-5-6-20-21(13-17)34-16-33-20/h1-6,13,15H,7-12,14,16H2. The average molecular weight is 460 g/mol. The van der Waals surface area contributed by atoms with E-state index in [4.69, 9.17) is 9.47 Å². The van der Waals surface area contributed by atoms with Gasteiger partial charge in [0, 0.05) is 45.0 Å². The predicted octanol–water partition coefficient (Wildman–Crippen LogP) is 3.13. The van der Waals surface area contributed by atoms with E-state index in [1.54, 1.807) is 0 Å². The molecule has 0 spiro atoms. The summed E-state index contributed by atoms with van der Waals surface area (Å²) in [7, 11) is 0. The number of para-hydroxylation sites is 1. The van der Waals surface area contributed by atoms with Gasteiger partial charge >= 0.3 is 5.69 Å². The van der Waals surface area contributed by atoms with Gasteiger partial charge in [-0.25, -0.2) is 9.97 Å². The molecule has 0 saturated carbocycles. The number of anilines is 3. The maximum Gasteiger partial charge on any atom is 0.353 e. The number of piperazine rings is 1. The molecule has 0 bridgehead atoms. The zero-order valence-electron chi connectivity index (χ0n) is 18.6. The van der Waals surface area contributed by atoms with Crippen LogP contribution >= 0.6 is 0 Å². The molecule has 10 nitrogen and oxygen atoms in total. The Labute approximate surface area is 196 Å². The van der Waals surface area contributed by atoms with Gasteiger partial charge in [0.25, 0.3) is 0 Å². The normalized spacial score (nSPS) is 17.2. The molecule has 10 heteroatoms. The monoisotopic (exact) mass is 460 g/mol. The largest absolute Gasteiger partial charge is 0.454 e. The molecule has 3 aliphatic heterocycles. The van der Waals surface area contributed by atoms with Crippen LogP contribution in [0.2, 0.25) is 0 Å². The van der Waals surface area contributed by atoms with E-state index in [1.165, 1.54) is 11.9 Å². The smallest absolute Gasteiger partial charge is 0.353 e. The van der Waals surface area contributed by atoms with Crippen molar-refractivity contribution < 1.29 is 14.4 Å². The fourth-order valence-electron chi connectivity index (χ4n) is 4.93. The van der Waals surface area contributed by atoms with Crippen molar-refractivity contribution in [3.63, 3.8) is 0 Å². The van der Waals surface area contributed by atoms with E-state index in [0.717, 1.165) is 48.8 Å². The van der Waals surface area contributed by atoms with Gasteiger partial charge in [-0.15, -0.1) is 0 Å². The summed E-state index contributed by atoms with van der Waals surface area (Å²) in [6.45, 7) is 4.57. The summed E-state index contributed by atoms with van der Waals surface area (Å²) in [5, 5.41) is 12.2. The van der Waals surface area contributed by atoms with Crippen molar-refractivity contribution in [2.75, 3.05) is 49.3 Å². The van der Waals surface area contributed by atoms with E-state index in [2.05, 4.69) is 27.0 Å². The SMILES string of the molecule is O=[N+]([O-])c1c(N2CCN(Cc3ccc4c(c3)OCO4)CC2)ncnc1N1CCc2ccccc21. The molecule has 0 radical (unpaired) electrons. The third kappa shape index (κ3) is 3.65. The van der Waals surface area contributed by atoms with Crippen LogP contribution in [-0.4, -0.2) is 59.3 Å². The van der Waals surface area contributed by atoms with Crippen molar-refractivity contribution in [2.24, 2.45) is 0 Å². The minimum absolute atomic E-state index is 0.0246. The molecule has 1 saturated heterocycles. The molecule has 6 rings (SSSR count). The minimum atomic E-state index is -0.343. The Kier molecular flexibility index (Phi) is 5.14. The molecular weight excluding hydrogens is 436 g/mol. The molecule has 174 valence electrons. The number of rotatable bonds is 5. The lowest BCUT2D eigenvalue weighted by atomic mass is 10.1. The average Bonchev–Trinajstić information content (AvgIpc) is 3.51. The van der Waals surface area contributed by atoms with E-state index < -0.39 is 0 Å². The van der Waals surface area contributed by atoms with Gasteiger partial charge in [-0.1, -0.05) is 24.3 Å². The third-order valence-electron chi connectivity index (χ3n) is 6.62. The fourth-order valence-corrected chi connectivity index (χ4v) is 4.93. The maximum absolute atomic E-state index is 12.2. The molecule has 0 amide bonds. The molecule has 3 aromatic rings. The Balaban J connectivity index is 1.20. The van der Waals surface area contributed by atoms with Crippen molar-refractivity contribution in [3.05, 3.63) is 70.0 Å². The first-order valence-corrected chi connectivity index (χ1v) is 11.4. The van der Waals surface area contributed by atoms with Crippen LogP contribution in [0.4, 0.5) is 23.0 Å². The van der Waals surface area contributed by atoms with Crippen LogP contribution in [0.3, 0.4) is 0 Å². The molecule has 0 N–H and O–H groups in total. The highest BCUT2D eigenvalue weighted by molar-refractivity contribution is 5.78. The van der Waals surface area contributed by atoms with Gasteiger partial charge in [0.2, 0.25) is 18.4 Å². The van der Waals surface area contributed by atoms with Crippen LogP contribution in [0.1, 0.15) is 11.1 Å². The number of fused-ring (bicyclic) bond motifs is 2. The first kappa shape index (κ1) is 20.7. The Bertz CT molecular complexity index is 1240. The lowest BCUT2D eigenvalue weighted by molar-refractivity contribution is -0.383. The fraction of sp³-hybridized carbons (Fsp3) is 0.333. The zero-order valence-corrected chi connectivity index (χ0v) is 18.6. The van der Waals surface area contributed by atoms with Crippen LogP contribution in [0, 0.1) is 10.1 Å². The molecule has 0 unspecified atom stereocenters. The highest BCUT2D eigenvalue weighted by Gasteiger charge is 2.34. The molecule has 1 fully saturated rings. The first-order chi connectivity index (χ1) is 16.7. The van der Waals surface area contributed by atoms with Crippen LogP contribution in [0.25, 0.3) is 0 Å². The molecule has 2 aromatic carbocycles. The van der Waals surface area contributed by atoms with Gasteiger partial charge in [0.1, 0.15) is 6.33 Å². The van der Waals surface area contributed by atoms with Gasteiger partial charge in [-0.3, -0.25) is 15.0 Å². The van der Waals surface area contributed by atoms with Crippen LogP contribution < -0.4 is 19.3 Å². The van der Waals surface area contributed by atoms with Crippen molar-refractivity contribution in [1.82, 2.24) is 14.9 Å². The summed E-state index contributed by atoms with van der Waals surface area (Å²) in [6, 6.07) is 14.0. The van der Waals surface area contributed by atoms with E-state index in [9.17, 15) is 10.1 Å². The number of aromatic nitrogens is 2. The summed E-state index contributed by atoms with van der Waals surface area (Å²) in [6.07, 6.45) is 2.28. The summed E-state index contributed by atoms with van der Waals surface area (Å²) in [5.41, 5.74) is 3.28. The lowest BCUT2D eigenvalue weighted by Gasteiger charge is -2.35. The number of ether oxygens (including phenoxy) is 2. The van der Waals surface area contributed by atoms with Crippen molar-refractivity contribution in [3.8, 4) is 11.5 Å². The number of benzene rings is 2. The zero-order chi connectivity index (χ0) is 23.1. The van der Waals surface area contributed by atoms with Crippen molar-refractivity contribution in [1.29, 1.82) is 0 Å². The second-order valence-electron chi connectivity index (χ2n) is 8.61. The van der Waals surface area contributed by atoms with E-state index in [0.29, 0.717) is 31.3 Å². The Morgan fingerprint density at radius 3 is 2.59 bits per heavy atom. The van der Waals surface area contributed by atoms with Gasteiger partial charge in [0.05, 0.1) is 4.92 Å². The van der Waals surface area contributed by atoms with E-state index in [-0.39, 0.29) is 17.4 Å². The molecule has 3 aliphatic rings. The van der Waals surface area contributed by atoms with Crippen molar-refractivity contribution >= 4 is 23.0 Å². The third-order valence-corrected chi connectivity index (χ3v) is 6.62. The Hall–Kier alpha value is -3.92. The van der Waals surface area contributed by atoms with Crippen molar-refractivity contribution in [2.45, 2.75) is 13.0 Å². The summed E-state index contributed by atoms with van der Waals surface area (Å²) >= 11 is 0. The second-order valence-corrected chi connectivity index (χ2v) is 8.61. The topological polar surface area (TPSA) is 97.1 Å². The van der Waals surface area contributed by atoms with Crippen LogP contribution in [-0.2, 0) is 13.0 Å². The number of nitrogens with zero attached hydrogens (tertiary/aromatic N) is 6. The summed E-state index contributed by atoms with van der Waals surface area (Å²) in [4.78, 5) is 26.8. The summed E-state index contributed by atoms with van der Waals surface area (Å²) in [5.74, 6) is 2.31. The van der Waals surface area contributed by atoms with E-state index >= 15 is 0 Å². The van der Waals surface area contributed by atoms with Crippen LogP contribution in [0.5, 0.6) is 11.5 Å². The molecule has 4 heterocycles. The van der Waals surface area contributed by atoms with Gasteiger partial charge in [-0.2, -0.15) is 0 Å². The second kappa shape index (κ2) is 8.45. The highest BCUT2D eigenvalue weighted by atomic mass is 16.7. The summed E-state index contributed by atoms with van der Waals surface area (Å²) < 4.78 is 10.9. The minimum Gasteiger partial charge on any atom is -0.454 e. The molecule has 0 atom stereocenters. The van der Waals surface area contributed by atoms with E-state index in [1.807, 2.05) is 40.1 Å². The molecule has 1 aromatic heterocycles. The lowest BCUT2D eigenvalue weighted by Crippen LogP contribution is -2.46. The number of hydrogen-bond acceptors (Lipinski definition) is 9. The van der Waals surface area contributed by atoms with Gasteiger partial charge in [-0.05, 0) is 35.7 Å². The number of nitro groups is 1. The Morgan fingerprint density at radius 2 is 1.74 bits per heavy atom. The first-order valence-electron chi connectivity index (χ1n) is 11.4. The molecule has 34 heavy (non-hydrogen) atoms. The van der Waals surface area contributed by atoms with Gasteiger partial charge < -0.3 is 19.3 Å². The quantitative estimate of drug-likeness (QED) is 0.420. The highest BCUT2D eigenvalue weighted by Crippen LogP contribution is 2.41. The number of hydrogen-bond donors (Lipinski definition) is 0. The molecule has 0 aliphatic carbocycles. The molecular formula is C24H24N6O4. The maximum atomic E-state index is 12.2. The Morgan fingerprint density at radius 1 is 0.941 bits per heavy atom. The van der Waals surface area contributed by atoms with Crippen LogP contribution in [0.15, 0.2) is 48.8 Å².